The van der Waals surface area contributed by atoms with Crippen LogP contribution in [0.2, 0.25) is 0 Å². The maximum atomic E-state index is 3.35. The van der Waals surface area contributed by atoms with Gasteiger partial charge in [-0.05, 0) is 175 Å². The fraction of sp³-hybridized carbons (Fsp3) is 1.00. The van der Waals surface area contributed by atoms with Crippen LogP contribution in [0, 0.1) is 105 Å². The van der Waals surface area contributed by atoms with E-state index in [4.69, 9.17) is 0 Å². The predicted octanol–water partition coefficient (Wildman–Crippen LogP) is 16.6. The van der Waals surface area contributed by atoms with Crippen LogP contribution in [0.1, 0.15) is 227 Å². The summed E-state index contributed by atoms with van der Waals surface area (Å²) in [6, 6.07) is 1.57. The molecule has 5 aliphatic rings. The van der Waals surface area contributed by atoms with Gasteiger partial charge in [0.25, 0.3) is 0 Å². The summed E-state index contributed by atoms with van der Waals surface area (Å²) >= 11 is 0. The molecule has 1 saturated heterocycles. The number of fused-ring (bicyclic) bond motifs is 1. The molecule has 0 aromatic rings. The minimum absolute atomic E-state index is 0.326. The van der Waals surface area contributed by atoms with Gasteiger partial charge in [-0.15, -0.1) is 0 Å². The molecule has 5 fully saturated rings. The standard InChI is InChI=1S/C55H103N/c1-18-39(33-50(54(12,13)14)55(15,16)17)51-38(5)49(35-47(45(51)19-2)42-30-43(52(6,7)8)34-44(31-42)53(9,10)11)56-28-27-36(3)29-37(4)46-32-41(25-26-48(46)56)40-23-21-20-22-24-40/h36-51H,18-35H2,1-17H3. The van der Waals surface area contributed by atoms with Crippen LogP contribution >= 0.6 is 0 Å². The van der Waals surface area contributed by atoms with Crippen LogP contribution in [-0.2, 0) is 0 Å². The molecule has 328 valence electrons. The molecule has 1 heteroatoms. The van der Waals surface area contributed by atoms with E-state index in [2.05, 4.69) is 123 Å². The van der Waals surface area contributed by atoms with Gasteiger partial charge in [0.15, 0.2) is 0 Å². The Bertz CT molecular complexity index is 1140. The van der Waals surface area contributed by atoms with E-state index < -0.39 is 0 Å². The number of likely N-dealkylation sites (tertiary alicyclic amines) is 1. The molecule has 0 aromatic heterocycles. The van der Waals surface area contributed by atoms with Gasteiger partial charge in [0.05, 0.1) is 0 Å². The van der Waals surface area contributed by atoms with Crippen molar-refractivity contribution in [1.82, 2.24) is 4.90 Å². The molecule has 0 radical (unpaired) electrons. The van der Waals surface area contributed by atoms with Crippen molar-refractivity contribution in [3.8, 4) is 0 Å². The quantitative estimate of drug-likeness (QED) is 0.237. The Morgan fingerprint density at radius 2 is 1.14 bits per heavy atom. The van der Waals surface area contributed by atoms with E-state index >= 15 is 0 Å². The zero-order valence-electron chi connectivity index (χ0n) is 41.4. The highest BCUT2D eigenvalue weighted by molar-refractivity contribution is 5.05. The first-order valence-electron chi connectivity index (χ1n) is 25.7. The lowest BCUT2D eigenvalue weighted by Gasteiger charge is -2.59. The molecule has 0 spiro atoms. The molecule has 5 rings (SSSR count). The SMILES string of the molecule is CCC(CC(C(C)(C)C)C(C)(C)C)C1C(C)C(N2CCC(C)CC(C)C3CC(C4CCCCC4)CCC32)CC(C2CC(C(C)(C)C)CC(C(C)(C)C)C2)C1CC. The Morgan fingerprint density at radius 1 is 0.554 bits per heavy atom. The second-order valence-corrected chi connectivity index (χ2v) is 26.8. The molecule has 4 aliphatic carbocycles. The van der Waals surface area contributed by atoms with Gasteiger partial charge in [0, 0.05) is 12.1 Å². The third-order valence-electron chi connectivity index (χ3n) is 19.2. The lowest BCUT2D eigenvalue weighted by Crippen LogP contribution is -2.60. The van der Waals surface area contributed by atoms with Crippen molar-refractivity contribution in [3.05, 3.63) is 0 Å². The summed E-state index contributed by atoms with van der Waals surface area (Å²) in [7, 11) is 0. The Hall–Kier alpha value is -0.0400. The molecule has 4 saturated carbocycles. The van der Waals surface area contributed by atoms with E-state index in [-0.39, 0.29) is 0 Å². The van der Waals surface area contributed by atoms with Crippen LogP contribution in [0.4, 0.5) is 0 Å². The monoisotopic (exact) mass is 778 g/mol. The van der Waals surface area contributed by atoms with Crippen molar-refractivity contribution in [1.29, 1.82) is 0 Å². The highest BCUT2D eigenvalue weighted by atomic mass is 15.2. The van der Waals surface area contributed by atoms with E-state index in [9.17, 15) is 0 Å². The topological polar surface area (TPSA) is 3.24 Å². The summed E-state index contributed by atoms with van der Waals surface area (Å²) in [5.41, 5.74) is 1.44. The van der Waals surface area contributed by atoms with Gasteiger partial charge in [-0.3, -0.25) is 4.90 Å². The number of rotatable bonds is 8. The number of hydrogen-bond donors (Lipinski definition) is 0. The van der Waals surface area contributed by atoms with Crippen molar-refractivity contribution in [2.45, 2.75) is 239 Å². The summed E-state index contributed by atoms with van der Waals surface area (Å²) in [5, 5.41) is 0. The zero-order chi connectivity index (χ0) is 41.5. The smallest absolute Gasteiger partial charge is 0.0130 e. The number of hydrogen-bond acceptors (Lipinski definition) is 1. The average Bonchev–Trinajstić information content (AvgIpc) is 3.10. The molecular formula is C55H103N. The van der Waals surface area contributed by atoms with Gasteiger partial charge >= 0.3 is 0 Å². The van der Waals surface area contributed by atoms with Crippen molar-refractivity contribution < 1.29 is 0 Å². The summed E-state index contributed by atoms with van der Waals surface area (Å²) < 4.78 is 0. The van der Waals surface area contributed by atoms with Crippen LogP contribution < -0.4 is 0 Å². The maximum absolute atomic E-state index is 3.35. The third kappa shape index (κ3) is 10.9. The summed E-state index contributed by atoms with van der Waals surface area (Å²) in [6.45, 7) is 45.7. The fourth-order valence-corrected chi connectivity index (χ4v) is 16.1. The summed E-state index contributed by atoms with van der Waals surface area (Å²) in [6.07, 6.45) is 25.1. The highest BCUT2D eigenvalue weighted by Crippen LogP contribution is 2.59. The van der Waals surface area contributed by atoms with E-state index in [1.807, 2.05) is 0 Å². The van der Waals surface area contributed by atoms with Crippen LogP contribution in [0.25, 0.3) is 0 Å². The second-order valence-electron chi connectivity index (χ2n) is 26.8. The lowest BCUT2D eigenvalue weighted by molar-refractivity contribution is -0.102. The first kappa shape index (κ1) is 47.0. The fourth-order valence-electron chi connectivity index (χ4n) is 16.1. The Balaban J connectivity index is 1.58. The minimum Gasteiger partial charge on any atom is -0.297 e. The minimum atomic E-state index is 0.326. The predicted molar refractivity (Wildman–Crippen MR) is 248 cm³/mol. The molecular weight excluding hydrogens is 675 g/mol. The van der Waals surface area contributed by atoms with E-state index in [1.165, 1.54) is 109 Å². The highest BCUT2D eigenvalue weighted by Gasteiger charge is 2.54. The zero-order valence-corrected chi connectivity index (χ0v) is 41.4. The van der Waals surface area contributed by atoms with E-state index in [0.717, 1.165) is 94.9 Å². The molecule has 0 amide bonds. The Labute approximate surface area is 353 Å². The van der Waals surface area contributed by atoms with Crippen molar-refractivity contribution in [2.75, 3.05) is 6.54 Å². The van der Waals surface area contributed by atoms with Gasteiger partial charge in [0.1, 0.15) is 0 Å². The second kappa shape index (κ2) is 18.5. The largest absolute Gasteiger partial charge is 0.297 e. The Kier molecular flexibility index (Phi) is 15.5. The van der Waals surface area contributed by atoms with Gasteiger partial charge in [-0.1, -0.05) is 163 Å². The van der Waals surface area contributed by atoms with E-state index in [1.54, 1.807) is 6.42 Å². The molecule has 1 nitrogen and oxygen atoms in total. The van der Waals surface area contributed by atoms with Crippen LogP contribution in [-0.4, -0.2) is 23.5 Å². The molecule has 0 bridgehead atoms. The van der Waals surface area contributed by atoms with Crippen molar-refractivity contribution in [2.24, 2.45) is 105 Å². The van der Waals surface area contributed by atoms with Crippen LogP contribution in [0.5, 0.6) is 0 Å². The molecule has 13 atom stereocenters. The first-order valence-corrected chi connectivity index (χ1v) is 25.7. The normalized spacial score (nSPS) is 39.9. The van der Waals surface area contributed by atoms with Crippen molar-refractivity contribution >= 4 is 0 Å². The number of nitrogens with zero attached hydrogens (tertiary/aromatic N) is 1. The summed E-state index contributed by atoms with van der Waals surface area (Å²) in [4.78, 5) is 3.35. The average molecular weight is 778 g/mol. The maximum Gasteiger partial charge on any atom is 0.0130 e. The van der Waals surface area contributed by atoms with Gasteiger partial charge in [-0.25, -0.2) is 0 Å². The van der Waals surface area contributed by atoms with Gasteiger partial charge in [0.2, 0.25) is 0 Å². The Morgan fingerprint density at radius 3 is 1.66 bits per heavy atom. The van der Waals surface area contributed by atoms with Gasteiger partial charge in [-0.2, -0.15) is 0 Å². The van der Waals surface area contributed by atoms with Crippen LogP contribution in [0.3, 0.4) is 0 Å². The molecule has 1 heterocycles. The third-order valence-corrected chi connectivity index (χ3v) is 19.2. The lowest BCUT2D eigenvalue weighted by atomic mass is 9.50. The van der Waals surface area contributed by atoms with Crippen molar-refractivity contribution in [3.63, 3.8) is 0 Å². The van der Waals surface area contributed by atoms with Gasteiger partial charge < -0.3 is 0 Å². The summed E-state index contributed by atoms with van der Waals surface area (Å²) in [5.74, 6) is 12.1. The molecule has 0 N–H and O–H groups in total. The molecule has 0 aromatic carbocycles. The molecule has 1 aliphatic heterocycles. The molecule has 13 unspecified atom stereocenters. The molecule has 56 heavy (non-hydrogen) atoms. The van der Waals surface area contributed by atoms with Crippen LogP contribution in [0.15, 0.2) is 0 Å². The first-order chi connectivity index (χ1) is 25.9. The van der Waals surface area contributed by atoms with E-state index in [0.29, 0.717) is 21.7 Å².